The summed E-state index contributed by atoms with van der Waals surface area (Å²) >= 11 is 2.62. The Kier molecular flexibility index (Phi) is 9.94. The van der Waals surface area contributed by atoms with Crippen LogP contribution < -0.4 is 16.4 Å². The van der Waals surface area contributed by atoms with E-state index < -0.39 is 0 Å². The van der Waals surface area contributed by atoms with Crippen LogP contribution in [-0.4, -0.2) is 43.3 Å². The SMILES string of the molecule is O=C(CCCCCCNC(=O)c1ccc(-c2csc(-n3[nH]c(-c4ccccc4)c(N=Nc4nccs4)c3=O)n2)cc1)NO. The van der Waals surface area contributed by atoms with Crippen LogP contribution in [0.15, 0.2) is 86.6 Å². The second-order valence-corrected chi connectivity index (χ2v) is 11.1. The van der Waals surface area contributed by atoms with Crippen molar-refractivity contribution in [3.63, 3.8) is 0 Å². The number of nitrogens with one attached hydrogen (secondary N) is 3. The number of azo groups is 1. The van der Waals surface area contributed by atoms with E-state index in [0.717, 1.165) is 30.4 Å². The van der Waals surface area contributed by atoms with Gasteiger partial charge in [-0.1, -0.05) is 55.3 Å². The Balaban J connectivity index is 1.25. The van der Waals surface area contributed by atoms with Crippen molar-refractivity contribution >= 4 is 45.3 Å². The van der Waals surface area contributed by atoms with E-state index >= 15 is 0 Å². The van der Waals surface area contributed by atoms with Gasteiger partial charge in [-0.3, -0.25) is 24.7 Å². The molecule has 0 aliphatic heterocycles. The van der Waals surface area contributed by atoms with Gasteiger partial charge in [-0.05, 0) is 25.0 Å². The van der Waals surface area contributed by atoms with Crippen molar-refractivity contribution in [2.24, 2.45) is 10.2 Å². The molecule has 3 heterocycles. The van der Waals surface area contributed by atoms with Crippen LogP contribution in [-0.2, 0) is 4.79 Å². The molecule has 12 nitrogen and oxygen atoms in total. The molecule has 0 saturated carbocycles. The van der Waals surface area contributed by atoms with Gasteiger partial charge in [0.15, 0.2) is 5.69 Å². The fourth-order valence-electron chi connectivity index (χ4n) is 4.24. The van der Waals surface area contributed by atoms with E-state index in [1.165, 1.54) is 27.4 Å². The van der Waals surface area contributed by atoms with Gasteiger partial charge in [0, 0.05) is 46.6 Å². The van der Waals surface area contributed by atoms with Crippen molar-refractivity contribution in [2.45, 2.75) is 32.1 Å². The number of thiazole rings is 2. The lowest BCUT2D eigenvalue weighted by Crippen LogP contribution is -2.24. The quantitative estimate of drug-likeness (QED) is 0.0547. The second-order valence-electron chi connectivity index (χ2n) is 9.40. The molecule has 4 N–H and O–H groups in total. The first-order valence-corrected chi connectivity index (χ1v) is 15.3. The normalized spacial score (nSPS) is 11.2. The van der Waals surface area contributed by atoms with E-state index in [2.05, 4.69) is 30.6 Å². The second kappa shape index (κ2) is 14.4. The average Bonchev–Trinajstić information content (AvgIpc) is 3.81. The Hall–Kier alpha value is -4.79. The van der Waals surface area contributed by atoms with E-state index in [-0.39, 0.29) is 29.5 Å². The van der Waals surface area contributed by atoms with Gasteiger partial charge in [0.25, 0.3) is 5.91 Å². The predicted octanol–water partition coefficient (Wildman–Crippen LogP) is 6.01. The van der Waals surface area contributed by atoms with Crippen LogP contribution in [0.2, 0.25) is 0 Å². The Labute approximate surface area is 254 Å². The molecule has 0 radical (unpaired) electrons. The molecule has 5 aromatic rings. The summed E-state index contributed by atoms with van der Waals surface area (Å²) in [7, 11) is 0. The summed E-state index contributed by atoms with van der Waals surface area (Å²) < 4.78 is 1.36. The van der Waals surface area contributed by atoms with E-state index in [9.17, 15) is 14.4 Å². The minimum atomic E-state index is -0.388. The highest BCUT2D eigenvalue weighted by atomic mass is 32.1. The number of benzene rings is 2. The molecule has 0 bridgehead atoms. The summed E-state index contributed by atoms with van der Waals surface area (Å²) in [4.78, 5) is 45.8. The number of aromatic amines is 1. The Morgan fingerprint density at radius 2 is 1.74 bits per heavy atom. The molecule has 0 aliphatic carbocycles. The number of amides is 2. The van der Waals surface area contributed by atoms with Crippen LogP contribution in [0.5, 0.6) is 0 Å². The summed E-state index contributed by atoms with van der Waals surface area (Å²) in [5.41, 5.74) is 4.69. The number of aromatic nitrogens is 4. The largest absolute Gasteiger partial charge is 0.352 e. The van der Waals surface area contributed by atoms with Gasteiger partial charge in [0.05, 0.1) is 11.4 Å². The van der Waals surface area contributed by atoms with Gasteiger partial charge in [0.2, 0.25) is 16.2 Å². The van der Waals surface area contributed by atoms with Crippen molar-refractivity contribution in [1.29, 1.82) is 0 Å². The molecular weight excluding hydrogens is 589 g/mol. The molecule has 43 heavy (non-hydrogen) atoms. The third kappa shape index (κ3) is 7.54. The summed E-state index contributed by atoms with van der Waals surface area (Å²) in [6.45, 7) is 0.531. The first-order chi connectivity index (χ1) is 21.0. The zero-order valence-electron chi connectivity index (χ0n) is 22.9. The van der Waals surface area contributed by atoms with Gasteiger partial charge >= 0.3 is 5.56 Å². The molecule has 0 unspecified atom stereocenters. The van der Waals surface area contributed by atoms with Crippen LogP contribution in [0, 0.1) is 0 Å². The highest BCUT2D eigenvalue weighted by Crippen LogP contribution is 2.30. The third-order valence-electron chi connectivity index (χ3n) is 6.45. The molecule has 2 aromatic carbocycles. The molecule has 14 heteroatoms. The lowest BCUT2D eigenvalue weighted by molar-refractivity contribution is -0.129. The van der Waals surface area contributed by atoms with Crippen molar-refractivity contribution < 1.29 is 14.8 Å². The van der Waals surface area contributed by atoms with Gasteiger partial charge in [-0.2, -0.15) is 4.68 Å². The van der Waals surface area contributed by atoms with Gasteiger partial charge in [-0.25, -0.2) is 15.4 Å². The van der Waals surface area contributed by atoms with Gasteiger partial charge in [0.1, 0.15) is 0 Å². The third-order valence-corrected chi connectivity index (χ3v) is 7.93. The van der Waals surface area contributed by atoms with Crippen molar-refractivity contribution in [3.8, 4) is 27.6 Å². The maximum Gasteiger partial charge on any atom is 0.301 e. The van der Waals surface area contributed by atoms with Crippen LogP contribution in [0.1, 0.15) is 42.5 Å². The average molecular weight is 617 g/mol. The summed E-state index contributed by atoms with van der Waals surface area (Å²) in [6.07, 6.45) is 5.10. The first kappa shape index (κ1) is 29.7. The number of H-pyrrole nitrogens is 1. The minimum Gasteiger partial charge on any atom is -0.352 e. The predicted molar refractivity (Wildman–Crippen MR) is 165 cm³/mol. The van der Waals surface area contributed by atoms with E-state index in [0.29, 0.717) is 40.2 Å². The fourth-order valence-corrected chi connectivity index (χ4v) is 5.48. The lowest BCUT2D eigenvalue weighted by atomic mass is 10.1. The number of carbonyl (C=O) groups excluding carboxylic acids is 2. The number of unbranched alkanes of at least 4 members (excludes halogenated alkanes) is 3. The van der Waals surface area contributed by atoms with Crippen molar-refractivity contribution in [3.05, 3.63) is 87.5 Å². The Bertz CT molecular complexity index is 1740. The molecule has 0 aliphatic rings. The van der Waals surface area contributed by atoms with Crippen LogP contribution >= 0.6 is 22.7 Å². The number of rotatable bonds is 13. The molecular formula is C29H28N8O4S2. The Morgan fingerprint density at radius 3 is 2.49 bits per heavy atom. The van der Waals surface area contributed by atoms with Crippen LogP contribution in [0.4, 0.5) is 10.8 Å². The Morgan fingerprint density at radius 1 is 0.953 bits per heavy atom. The molecule has 0 fully saturated rings. The topological polar surface area (TPSA) is 167 Å². The summed E-state index contributed by atoms with van der Waals surface area (Å²) in [5, 5.41) is 27.4. The number of carbonyl (C=O) groups is 2. The number of hydrogen-bond acceptors (Lipinski definition) is 10. The van der Waals surface area contributed by atoms with Crippen molar-refractivity contribution in [2.75, 3.05) is 6.54 Å². The van der Waals surface area contributed by atoms with E-state index in [1.807, 2.05) is 47.8 Å². The number of hydrogen-bond donors (Lipinski definition) is 4. The highest BCUT2D eigenvalue weighted by Gasteiger charge is 2.19. The number of nitrogens with zero attached hydrogens (tertiary/aromatic N) is 5. The standard InChI is InChI=1S/C29H28N8O4S2/c38-23(36-41)10-6-1-2-7-15-30-26(39)21-13-11-19(12-14-21)22-18-43-29(32-22)37-27(40)25(33-34-28-31-16-17-42-28)24(35-37)20-8-4-3-5-9-20/h3-5,8-9,11-14,16-18,35,41H,1-2,6-7,10,15H2,(H,30,39)(H,36,38). The smallest absolute Gasteiger partial charge is 0.301 e. The maximum absolute atomic E-state index is 13.4. The van der Waals surface area contributed by atoms with Crippen LogP contribution in [0.3, 0.4) is 0 Å². The first-order valence-electron chi connectivity index (χ1n) is 13.5. The molecule has 3 aromatic heterocycles. The monoisotopic (exact) mass is 616 g/mol. The van der Waals surface area contributed by atoms with E-state index in [4.69, 9.17) is 5.21 Å². The summed E-state index contributed by atoms with van der Waals surface area (Å²) in [5.74, 6) is -0.558. The molecule has 220 valence electrons. The summed E-state index contributed by atoms with van der Waals surface area (Å²) in [6, 6.07) is 16.5. The zero-order chi connectivity index (χ0) is 30.0. The van der Waals surface area contributed by atoms with Crippen LogP contribution in [0.25, 0.3) is 27.6 Å². The molecule has 5 rings (SSSR count). The molecule has 2 amide bonds. The molecule has 0 atom stereocenters. The van der Waals surface area contributed by atoms with Gasteiger partial charge < -0.3 is 5.32 Å². The zero-order valence-corrected chi connectivity index (χ0v) is 24.5. The highest BCUT2D eigenvalue weighted by molar-refractivity contribution is 7.13. The maximum atomic E-state index is 13.4. The molecule has 0 spiro atoms. The van der Waals surface area contributed by atoms with Gasteiger partial charge in [-0.15, -0.1) is 32.9 Å². The molecule has 0 saturated heterocycles. The number of hydroxylamine groups is 1. The van der Waals surface area contributed by atoms with E-state index in [1.54, 1.807) is 29.2 Å². The minimum absolute atomic E-state index is 0.155. The lowest BCUT2D eigenvalue weighted by Gasteiger charge is -2.06. The fraction of sp³-hybridized carbons (Fsp3) is 0.207. The van der Waals surface area contributed by atoms with Crippen molar-refractivity contribution in [1.82, 2.24) is 30.5 Å².